The summed E-state index contributed by atoms with van der Waals surface area (Å²) in [6.45, 7) is 7.54. The second-order valence-corrected chi connectivity index (χ2v) is 9.38. The number of ether oxygens (including phenoxy) is 1. The SMILES string of the molecule is CCNC(=NCCCN(C)S(=O)(=O)CC)N1CCC(c2ccc(OC)cc2)C1.I. The molecule has 7 nitrogen and oxygen atoms in total. The molecule has 0 aliphatic carbocycles. The molecule has 1 fully saturated rings. The van der Waals surface area contributed by atoms with E-state index in [4.69, 9.17) is 9.73 Å². The van der Waals surface area contributed by atoms with Crippen LogP contribution in [0.3, 0.4) is 0 Å². The van der Waals surface area contributed by atoms with Gasteiger partial charge in [0.15, 0.2) is 5.96 Å². The fourth-order valence-corrected chi connectivity index (χ4v) is 4.21. The Morgan fingerprint density at radius 1 is 1.31 bits per heavy atom. The van der Waals surface area contributed by atoms with Gasteiger partial charge in [-0.3, -0.25) is 4.99 Å². The molecule has 0 saturated carbocycles. The van der Waals surface area contributed by atoms with E-state index in [9.17, 15) is 8.42 Å². The van der Waals surface area contributed by atoms with Crippen LogP contribution in [0.2, 0.25) is 0 Å². The van der Waals surface area contributed by atoms with E-state index < -0.39 is 10.0 Å². The van der Waals surface area contributed by atoms with E-state index in [2.05, 4.69) is 29.3 Å². The number of nitrogens with one attached hydrogen (secondary N) is 1. The van der Waals surface area contributed by atoms with Crippen molar-refractivity contribution in [2.45, 2.75) is 32.6 Å². The second kappa shape index (κ2) is 12.6. The lowest BCUT2D eigenvalue weighted by Gasteiger charge is -2.22. The van der Waals surface area contributed by atoms with Gasteiger partial charge in [-0.05, 0) is 44.4 Å². The number of halogens is 1. The molecular formula is C20H35IN4O3S. The number of sulfonamides is 1. The van der Waals surface area contributed by atoms with Crippen molar-refractivity contribution in [2.75, 3.05) is 52.6 Å². The van der Waals surface area contributed by atoms with Gasteiger partial charge in [0.2, 0.25) is 10.0 Å². The maximum atomic E-state index is 11.8. The lowest BCUT2D eigenvalue weighted by Crippen LogP contribution is -2.40. The summed E-state index contributed by atoms with van der Waals surface area (Å²) in [6, 6.07) is 8.30. The van der Waals surface area contributed by atoms with E-state index in [1.165, 1.54) is 9.87 Å². The Bertz CT molecular complexity index is 741. The summed E-state index contributed by atoms with van der Waals surface area (Å²) >= 11 is 0. The van der Waals surface area contributed by atoms with E-state index >= 15 is 0 Å². The van der Waals surface area contributed by atoms with Crippen LogP contribution in [-0.4, -0.2) is 76.2 Å². The second-order valence-electron chi connectivity index (χ2n) is 7.02. The van der Waals surface area contributed by atoms with Gasteiger partial charge >= 0.3 is 0 Å². The highest BCUT2D eigenvalue weighted by molar-refractivity contribution is 14.0. The highest BCUT2D eigenvalue weighted by Crippen LogP contribution is 2.28. The molecule has 1 aliphatic heterocycles. The van der Waals surface area contributed by atoms with Crippen molar-refractivity contribution in [1.29, 1.82) is 0 Å². The number of nitrogens with zero attached hydrogens (tertiary/aromatic N) is 3. The third-order valence-corrected chi connectivity index (χ3v) is 7.00. The van der Waals surface area contributed by atoms with Gasteiger partial charge in [0.05, 0.1) is 12.9 Å². The summed E-state index contributed by atoms with van der Waals surface area (Å²) in [5.41, 5.74) is 1.32. The zero-order chi connectivity index (χ0) is 20.6. The third kappa shape index (κ3) is 7.60. The molecule has 1 saturated heterocycles. The van der Waals surface area contributed by atoms with Crippen LogP contribution in [0.25, 0.3) is 0 Å². The van der Waals surface area contributed by atoms with E-state index in [0.717, 1.165) is 37.8 Å². The molecule has 0 aromatic heterocycles. The fourth-order valence-electron chi connectivity index (χ4n) is 3.36. The van der Waals surface area contributed by atoms with E-state index in [1.54, 1.807) is 21.1 Å². The van der Waals surface area contributed by atoms with Crippen LogP contribution in [0.15, 0.2) is 29.3 Å². The number of likely N-dealkylation sites (tertiary alicyclic amines) is 1. The quantitative estimate of drug-likeness (QED) is 0.227. The lowest BCUT2D eigenvalue weighted by atomic mass is 9.98. The minimum Gasteiger partial charge on any atom is -0.497 e. The number of methoxy groups -OCH3 is 1. The standard InChI is InChI=1S/C20H34N4O3S.HI/c1-5-21-20(22-13-7-14-23(3)28(25,26)6-2)24-15-12-18(16-24)17-8-10-19(27-4)11-9-17;/h8-11,18H,5-7,12-16H2,1-4H3,(H,21,22);1H. The molecule has 1 heterocycles. The summed E-state index contributed by atoms with van der Waals surface area (Å²) in [7, 11) is 0.196. The van der Waals surface area contributed by atoms with Crippen molar-refractivity contribution in [2.24, 2.45) is 4.99 Å². The predicted octanol–water partition coefficient (Wildman–Crippen LogP) is 2.74. The molecule has 1 atom stereocenters. The molecule has 0 bridgehead atoms. The maximum Gasteiger partial charge on any atom is 0.213 e. The van der Waals surface area contributed by atoms with Crippen LogP contribution in [0.5, 0.6) is 5.75 Å². The minimum absolute atomic E-state index is 0. The molecule has 1 aromatic carbocycles. The minimum atomic E-state index is -3.12. The molecule has 166 valence electrons. The number of hydrogen-bond donors (Lipinski definition) is 1. The Hall–Kier alpha value is -1.07. The molecule has 29 heavy (non-hydrogen) atoms. The smallest absolute Gasteiger partial charge is 0.213 e. The van der Waals surface area contributed by atoms with Gasteiger partial charge in [0.1, 0.15) is 5.75 Å². The highest BCUT2D eigenvalue weighted by Gasteiger charge is 2.26. The van der Waals surface area contributed by atoms with Crippen LogP contribution >= 0.6 is 24.0 Å². The first-order chi connectivity index (χ1) is 13.4. The van der Waals surface area contributed by atoms with Gasteiger partial charge in [-0.25, -0.2) is 12.7 Å². The summed E-state index contributed by atoms with van der Waals surface area (Å²) in [4.78, 5) is 7.02. The Kier molecular flexibility index (Phi) is 11.3. The van der Waals surface area contributed by atoms with Gasteiger partial charge in [0.25, 0.3) is 0 Å². The summed E-state index contributed by atoms with van der Waals surface area (Å²) in [5.74, 6) is 2.41. The van der Waals surface area contributed by atoms with E-state index in [1.807, 2.05) is 12.1 Å². The van der Waals surface area contributed by atoms with E-state index in [-0.39, 0.29) is 29.7 Å². The molecular weight excluding hydrogens is 503 g/mol. The molecule has 9 heteroatoms. The van der Waals surface area contributed by atoms with Crippen molar-refractivity contribution in [3.8, 4) is 5.75 Å². The van der Waals surface area contributed by atoms with Crippen LogP contribution in [-0.2, 0) is 10.0 Å². The monoisotopic (exact) mass is 538 g/mol. The molecule has 1 N–H and O–H groups in total. The molecule has 1 unspecified atom stereocenters. The van der Waals surface area contributed by atoms with Crippen LogP contribution in [0.1, 0.15) is 38.2 Å². The predicted molar refractivity (Wildman–Crippen MR) is 130 cm³/mol. The molecule has 1 aromatic rings. The number of aliphatic imine (C=N–C) groups is 1. The first-order valence-corrected chi connectivity index (χ1v) is 11.6. The number of rotatable bonds is 9. The van der Waals surface area contributed by atoms with Gasteiger partial charge in [0, 0.05) is 45.7 Å². The van der Waals surface area contributed by atoms with Crippen LogP contribution in [0, 0.1) is 0 Å². The Morgan fingerprint density at radius 2 is 2.00 bits per heavy atom. The average Bonchev–Trinajstić information content (AvgIpc) is 3.20. The average molecular weight is 538 g/mol. The summed E-state index contributed by atoms with van der Waals surface area (Å²) in [6.07, 6.45) is 1.80. The number of benzene rings is 1. The van der Waals surface area contributed by atoms with E-state index in [0.29, 0.717) is 25.4 Å². The third-order valence-electron chi connectivity index (χ3n) is 5.14. The van der Waals surface area contributed by atoms with Gasteiger partial charge < -0.3 is 15.0 Å². The zero-order valence-corrected chi connectivity index (χ0v) is 21.1. The Morgan fingerprint density at radius 3 is 2.59 bits per heavy atom. The van der Waals surface area contributed by atoms with Crippen molar-refractivity contribution >= 4 is 40.0 Å². The van der Waals surface area contributed by atoms with Gasteiger partial charge in [-0.15, -0.1) is 24.0 Å². The van der Waals surface area contributed by atoms with Crippen molar-refractivity contribution in [3.05, 3.63) is 29.8 Å². The first-order valence-electron chi connectivity index (χ1n) is 10.0. The van der Waals surface area contributed by atoms with Crippen molar-refractivity contribution in [1.82, 2.24) is 14.5 Å². The maximum absolute atomic E-state index is 11.8. The Balaban J connectivity index is 0.00000420. The van der Waals surface area contributed by atoms with Crippen molar-refractivity contribution < 1.29 is 13.2 Å². The highest BCUT2D eigenvalue weighted by atomic mass is 127. The van der Waals surface area contributed by atoms with Crippen molar-refractivity contribution in [3.63, 3.8) is 0 Å². The number of hydrogen-bond acceptors (Lipinski definition) is 4. The molecule has 2 rings (SSSR count). The first kappa shape index (κ1) is 26.0. The van der Waals surface area contributed by atoms with Crippen LogP contribution < -0.4 is 10.1 Å². The fraction of sp³-hybridized carbons (Fsp3) is 0.650. The molecule has 0 radical (unpaired) electrons. The zero-order valence-electron chi connectivity index (χ0n) is 17.9. The topological polar surface area (TPSA) is 74.2 Å². The van der Waals surface area contributed by atoms with Crippen LogP contribution in [0.4, 0.5) is 0 Å². The number of guanidine groups is 1. The van der Waals surface area contributed by atoms with Gasteiger partial charge in [-0.2, -0.15) is 0 Å². The normalized spacial score (nSPS) is 17.3. The Labute approximate surface area is 193 Å². The van der Waals surface area contributed by atoms with Gasteiger partial charge in [-0.1, -0.05) is 12.1 Å². The largest absolute Gasteiger partial charge is 0.497 e. The molecule has 1 aliphatic rings. The lowest BCUT2D eigenvalue weighted by molar-refractivity contribution is 0.414. The molecule has 0 spiro atoms. The summed E-state index contributed by atoms with van der Waals surface area (Å²) < 4.78 is 30.3. The molecule has 0 amide bonds. The summed E-state index contributed by atoms with van der Waals surface area (Å²) in [5, 5.41) is 3.37.